The van der Waals surface area contributed by atoms with Gasteiger partial charge in [-0.1, -0.05) is 329 Å². The minimum Gasteiger partial charge on any atom is -0.399 e. The van der Waals surface area contributed by atoms with Gasteiger partial charge in [0.15, 0.2) is 22.6 Å². The Morgan fingerprint density at radius 2 is 0.487 bits per heavy atom. The minimum atomic E-state index is -0.333. The van der Waals surface area contributed by atoms with E-state index in [0.717, 1.165) is 81.1 Å². The van der Waals surface area contributed by atoms with Crippen molar-refractivity contribution in [2.24, 2.45) is 0 Å². The van der Waals surface area contributed by atoms with Crippen molar-refractivity contribution >= 4 is 36.8 Å². The number of hydrogen-bond acceptors (Lipinski definition) is 13. The second kappa shape index (κ2) is 33.3. The summed E-state index contributed by atoms with van der Waals surface area (Å²) in [6, 6.07) is 101. The summed E-state index contributed by atoms with van der Waals surface area (Å²) in [6.07, 6.45) is 11.6. The summed E-state index contributed by atoms with van der Waals surface area (Å²) < 4.78 is 25.2. The molecule has 2 saturated carbocycles. The summed E-state index contributed by atoms with van der Waals surface area (Å²) in [5.74, 6) is 1.67. The summed E-state index contributed by atoms with van der Waals surface area (Å²) >= 11 is 6.16. The van der Waals surface area contributed by atoms with Gasteiger partial charge in [0, 0.05) is 55.3 Å². The van der Waals surface area contributed by atoms with Crippen molar-refractivity contribution in [2.75, 3.05) is 0 Å². The average molecular weight is 1530 g/mol. The summed E-state index contributed by atoms with van der Waals surface area (Å²) in [6.45, 7) is 16.8. The Labute approximate surface area is 681 Å². The zero-order valence-electron chi connectivity index (χ0n) is 66.3. The molecule has 0 N–H and O–H groups in total. The Hall–Kier alpha value is -11.8. The molecule has 4 fully saturated rings. The maximum Gasteiger partial charge on any atom is 0.494 e. The minimum absolute atomic E-state index is 0.0289. The number of hydrogen-bond donors (Lipinski definition) is 0. The van der Waals surface area contributed by atoms with E-state index >= 15 is 0 Å². The first-order valence-electron chi connectivity index (χ1n) is 39.8. The molecular weight excluding hydrogens is 1440 g/mol. The number of nitrogens with zero attached hydrogens (tertiary/aromatic N) is 9. The van der Waals surface area contributed by atoms with E-state index in [1.165, 1.54) is 60.8 Å². The number of benzene rings is 10. The van der Waals surface area contributed by atoms with Gasteiger partial charge in [-0.05, 0) is 114 Å². The zero-order valence-corrected chi connectivity index (χ0v) is 67.1. The summed E-state index contributed by atoms with van der Waals surface area (Å²) in [5, 5.41) is 30.6. The smallest absolute Gasteiger partial charge is 0.399 e. The third-order valence-electron chi connectivity index (χ3n) is 24.1. The van der Waals surface area contributed by atoms with Crippen LogP contribution in [0.25, 0.3) is 90.5 Å². The van der Waals surface area contributed by atoms with Crippen LogP contribution in [0, 0.1) is 34.0 Å². The molecule has 10 aromatic carbocycles. The van der Waals surface area contributed by atoms with E-state index < -0.39 is 0 Å². The number of nitriles is 3. The van der Waals surface area contributed by atoms with Crippen LogP contribution in [-0.4, -0.2) is 66.5 Å². The highest BCUT2D eigenvalue weighted by molar-refractivity contribution is 6.62. The van der Waals surface area contributed by atoms with Gasteiger partial charge in [-0.2, -0.15) is 15.8 Å². The first-order chi connectivity index (χ1) is 55.7. The lowest BCUT2D eigenvalue weighted by molar-refractivity contribution is 0.00578. The van der Waals surface area contributed by atoms with Crippen LogP contribution < -0.4 is 10.9 Å². The van der Waals surface area contributed by atoms with Crippen LogP contribution in [0.2, 0.25) is 5.15 Å². The van der Waals surface area contributed by atoms with Crippen molar-refractivity contribution in [3.05, 3.63) is 323 Å². The second-order valence-electron chi connectivity index (χ2n) is 32.2. The number of aromatic nitrogens is 6. The van der Waals surface area contributed by atoms with Crippen LogP contribution in [0.1, 0.15) is 159 Å². The predicted molar refractivity (Wildman–Crippen MR) is 461 cm³/mol. The Kier molecular flexibility index (Phi) is 22.7. The molecule has 16 heteroatoms. The molecule has 115 heavy (non-hydrogen) atoms. The van der Waals surface area contributed by atoms with Crippen molar-refractivity contribution in [3.8, 4) is 109 Å². The van der Waals surface area contributed by atoms with Gasteiger partial charge in [-0.3, -0.25) is 0 Å². The number of halogens is 1. The largest absolute Gasteiger partial charge is 0.494 e. The molecule has 568 valence electrons. The molecule has 5 heterocycles. The zero-order chi connectivity index (χ0) is 80.0. The third kappa shape index (κ3) is 16.1. The standard InChI is InChI=1S/C52H38N6.C30H42B2O4.C17H10ClN3/c53-34-44-46(36-16-6-1-7-17-36)55-50(40-20-10-3-11-21-40)57-48(44)38-24-28-42(29-25-38)52(32-14-5-15-33-52)43-30-26-39(27-31-43)49-45(35-54)47(37-18-8-2-9-19-37)56-51(58-49)41-22-12-4-13-23-41;1-26(2)27(3,4)34-31(33-26)24-16-12-22(13-17-24)30(20-10-9-11-21-30)23-14-18-25(19-15-23)32-35-28(5,6)29(7,8)36-32;18-16-14(11-19)15(12-7-3-1-4-8-12)20-17(21-16)13-9-5-2-6-10-13/h1-4,6-13,16-31H,5,14-15,32-33H2;12-19H,9-11,20-21H2,1-8H3;1-10H. The normalized spacial score (nSPS) is 16.6. The van der Waals surface area contributed by atoms with Crippen LogP contribution in [0.5, 0.6) is 0 Å². The molecule has 0 atom stereocenters. The van der Waals surface area contributed by atoms with Gasteiger partial charge in [-0.25, -0.2) is 29.9 Å². The van der Waals surface area contributed by atoms with Crippen molar-refractivity contribution in [2.45, 2.75) is 153 Å². The van der Waals surface area contributed by atoms with Crippen LogP contribution in [0.15, 0.2) is 279 Å². The molecule has 3 aromatic heterocycles. The first-order valence-corrected chi connectivity index (χ1v) is 40.2. The van der Waals surface area contributed by atoms with Gasteiger partial charge in [-0.15, -0.1) is 0 Å². The van der Waals surface area contributed by atoms with Crippen LogP contribution in [0.4, 0.5) is 0 Å². The molecule has 0 bridgehead atoms. The molecule has 0 radical (unpaired) electrons. The molecule has 0 unspecified atom stereocenters. The van der Waals surface area contributed by atoms with Crippen molar-refractivity contribution < 1.29 is 18.6 Å². The van der Waals surface area contributed by atoms with E-state index in [2.05, 4.69) is 181 Å². The average Bonchev–Trinajstić information content (AvgIpc) is 1.64. The molecule has 0 amide bonds. The van der Waals surface area contributed by atoms with E-state index in [1.54, 1.807) is 0 Å². The monoisotopic (exact) mass is 1530 g/mol. The number of rotatable bonds is 14. The second-order valence-corrected chi connectivity index (χ2v) is 32.6. The van der Waals surface area contributed by atoms with E-state index in [1.807, 2.05) is 182 Å². The van der Waals surface area contributed by atoms with Gasteiger partial charge in [0.1, 0.15) is 34.9 Å². The molecule has 17 rings (SSSR count). The lowest BCUT2D eigenvalue weighted by Crippen LogP contribution is -2.41. The van der Waals surface area contributed by atoms with Gasteiger partial charge < -0.3 is 18.6 Å². The molecule has 13 nitrogen and oxygen atoms in total. The third-order valence-corrected chi connectivity index (χ3v) is 24.3. The van der Waals surface area contributed by atoms with Crippen LogP contribution in [0.3, 0.4) is 0 Å². The van der Waals surface area contributed by atoms with Gasteiger partial charge in [0.05, 0.1) is 50.9 Å². The van der Waals surface area contributed by atoms with Crippen molar-refractivity contribution in [1.29, 1.82) is 15.8 Å². The Morgan fingerprint density at radius 1 is 0.270 bits per heavy atom. The Bertz CT molecular complexity index is 5410. The molecule has 2 aliphatic heterocycles. The van der Waals surface area contributed by atoms with Gasteiger partial charge in [0.2, 0.25) is 0 Å². The maximum absolute atomic E-state index is 10.6. The van der Waals surface area contributed by atoms with E-state index in [-0.39, 0.29) is 52.6 Å². The highest BCUT2D eigenvalue weighted by Crippen LogP contribution is 2.49. The predicted octanol–water partition coefficient (Wildman–Crippen LogP) is 22.1. The summed E-state index contributed by atoms with van der Waals surface area (Å²) in [7, 11) is -0.656. The fraction of sp³-hybridized carbons (Fsp3) is 0.242. The fourth-order valence-corrected chi connectivity index (χ4v) is 16.4. The molecule has 13 aromatic rings. The quantitative estimate of drug-likeness (QED) is 0.0740. The molecule has 0 spiro atoms. The molecule has 2 aliphatic carbocycles. The highest BCUT2D eigenvalue weighted by atomic mass is 35.5. The van der Waals surface area contributed by atoms with Crippen molar-refractivity contribution in [3.63, 3.8) is 0 Å². The summed E-state index contributed by atoms with van der Waals surface area (Å²) in [4.78, 5) is 28.7. The highest BCUT2D eigenvalue weighted by Gasteiger charge is 2.53. The molecule has 4 aliphatic rings. The van der Waals surface area contributed by atoms with E-state index in [9.17, 15) is 15.8 Å². The summed E-state index contributed by atoms with van der Waals surface area (Å²) in [5.41, 5.74) is 17.1. The fourth-order valence-electron chi connectivity index (χ4n) is 16.2. The van der Waals surface area contributed by atoms with Crippen molar-refractivity contribution in [1.82, 2.24) is 29.9 Å². The van der Waals surface area contributed by atoms with Gasteiger partial charge >= 0.3 is 14.2 Å². The first kappa shape index (κ1) is 78.4. The Morgan fingerprint density at radius 3 is 0.739 bits per heavy atom. The Balaban J connectivity index is 0.000000154. The van der Waals surface area contributed by atoms with Crippen LogP contribution >= 0.6 is 11.6 Å². The SMILES string of the molecule is CC1(C)OB(c2ccc(C3(c4ccc(B5OC(C)(C)C(C)(C)O5)cc4)CCCCC3)cc2)OC1(C)C.N#Cc1c(-c2ccccc2)nc(-c2ccccc2)nc1-c1ccc(C2(c3ccc(-c4nc(-c5ccccc5)nc(-c5ccccc5)c4C#N)cc3)CCCCC2)cc1.N#Cc1c(Cl)nc(-c2ccccc2)nc1-c1ccccc1. The van der Waals surface area contributed by atoms with E-state index in [0.29, 0.717) is 62.6 Å². The topological polar surface area (TPSA) is 186 Å². The van der Waals surface area contributed by atoms with Crippen LogP contribution in [-0.2, 0) is 29.4 Å². The maximum atomic E-state index is 10.6. The lowest BCUT2D eigenvalue weighted by Gasteiger charge is -2.39. The van der Waals surface area contributed by atoms with E-state index in [4.69, 9.17) is 50.2 Å². The molecule has 2 saturated heterocycles. The lowest BCUT2D eigenvalue weighted by atomic mass is 9.64. The molecular formula is C99H90B2ClN9O4. The van der Waals surface area contributed by atoms with Gasteiger partial charge in [0.25, 0.3) is 0 Å².